The summed E-state index contributed by atoms with van der Waals surface area (Å²) in [4.78, 5) is 25.2. The van der Waals surface area contributed by atoms with Crippen LogP contribution in [0.25, 0.3) is 0 Å². The van der Waals surface area contributed by atoms with Gasteiger partial charge in [0.1, 0.15) is 0 Å². The first-order chi connectivity index (χ1) is 14.0. The van der Waals surface area contributed by atoms with Crippen LogP contribution in [0.1, 0.15) is 39.4 Å². The van der Waals surface area contributed by atoms with Crippen molar-refractivity contribution in [3.05, 3.63) is 104 Å². The Morgan fingerprint density at radius 1 is 1.07 bits per heavy atom. The molecule has 4 nitrogen and oxygen atoms in total. The molecule has 0 aliphatic heterocycles. The summed E-state index contributed by atoms with van der Waals surface area (Å²) >= 11 is 3.48. The summed E-state index contributed by atoms with van der Waals surface area (Å²) in [5.41, 5.74) is 3.77. The smallest absolute Gasteiger partial charge is 0.250 e. The minimum absolute atomic E-state index is 0.00680. The highest BCUT2D eigenvalue weighted by atomic mass is 79.9. The maximum Gasteiger partial charge on any atom is 0.250 e. The summed E-state index contributed by atoms with van der Waals surface area (Å²) in [6.45, 7) is 2.91. The van der Waals surface area contributed by atoms with Crippen molar-refractivity contribution in [2.45, 2.75) is 25.8 Å². The molecule has 150 valence electrons. The Balaban J connectivity index is 1.94. The first kappa shape index (κ1) is 21.2. The Labute approximate surface area is 179 Å². The van der Waals surface area contributed by atoms with Crippen molar-refractivity contribution in [1.29, 1.82) is 0 Å². The van der Waals surface area contributed by atoms with Crippen LogP contribution in [0, 0.1) is 6.92 Å². The number of carbonyl (C=O) groups excluding carboxylic acids is 1. The number of Topliss-reactive ketones (excluding diaryl/α,β-unsaturated/α-hetero) is 1. The average Bonchev–Trinajstić information content (AvgIpc) is 2.72. The molecule has 0 aliphatic rings. The molecule has 1 unspecified atom stereocenters. The van der Waals surface area contributed by atoms with E-state index in [1.54, 1.807) is 19.4 Å². The van der Waals surface area contributed by atoms with Gasteiger partial charge in [-0.2, -0.15) is 0 Å². The summed E-state index contributed by atoms with van der Waals surface area (Å²) in [7, 11) is 1.59. The van der Waals surface area contributed by atoms with Gasteiger partial charge in [-0.1, -0.05) is 52.3 Å². The Bertz CT molecular complexity index is 1040. The lowest BCUT2D eigenvalue weighted by Gasteiger charge is -2.20. The second-order valence-corrected chi connectivity index (χ2v) is 7.95. The van der Waals surface area contributed by atoms with Gasteiger partial charge in [0.2, 0.25) is 0 Å². The minimum Gasteiger partial charge on any atom is -0.383 e. The second kappa shape index (κ2) is 9.81. The monoisotopic (exact) mass is 453 g/mol. The number of rotatable bonds is 8. The predicted molar refractivity (Wildman–Crippen MR) is 119 cm³/mol. The van der Waals surface area contributed by atoms with Crippen molar-refractivity contribution >= 4 is 21.7 Å². The first-order valence-corrected chi connectivity index (χ1v) is 10.3. The number of hydrogen-bond acceptors (Lipinski definition) is 3. The van der Waals surface area contributed by atoms with E-state index in [-0.39, 0.29) is 17.3 Å². The van der Waals surface area contributed by atoms with Crippen LogP contribution < -0.4 is 5.56 Å². The molecular formula is C24H24BrNO3. The fourth-order valence-corrected chi connectivity index (χ4v) is 3.71. The number of methoxy groups -OCH3 is 1. The van der Waals surface area contributed by atoms with Crippen LogP contribution in [0.15, 0.2) is 76.1 Å². The standard InChI is InChI=1S/C24H24BrNO3/c1-17-5-3-4-6-21(17)22(18-7-10-20(25)11-8-18)15-23(27)19-9-12-24(28)26(16-19)13-14-29-2/h3-12,16,22H,13-15H2,1-2H3. The number of ketones is 1. The second-order valence-electron chi connectivity index (χ2n) is 7.03. The zero-order chi connectivity index (χ0) is 20.8. The Kier molecular flexibility index (Phi) is 7.18. The third-order valence-corrected chi connectivity index (χ3v) is 5.60. The zero-order valence-corrected chi connectivity index (χ0v) is 18.2. The molecule has 3 rings (SSSR count). The van der Waals surface area contributed by atoms with Gasteiger partial charge in [-0.15, -0.1) is 0 Å². The fourth-order valence-electron chi connectivity index (χ4n) is 3.44. The molecule has 1 atom stereocenters. The van der Waals surface area contributed by atoms with E-state index in [4.69, 9.17) is 4.74 Å². The number of carbonyl (C=O) groups is 1. The van der Waals surface area contributed by atoms with Crippen molar-refractivity contribution < 1.29 is 9.53 Å². The number of benzene rings is 2. The van der Waals surface area contributed by atoms with Gasteiger partial charge in [-0.3, -0.25) is 9.59 Å². The Morgan fingerprint density at radius 2 is 1.79 bits per heavy atom. The van der Waals surface area contributed by atoms with Gasteiger partial charge in [0.05, 0.1) is 6.61 Å². The van der Waals surface area contributed by atoms with Gasteiger partial charge in [0, 0.05) is 48.3 Å². The molecule has 0 saturated carbocycles. The van der Waals surface area contributed by atoms with Crippen LogP contribution in [0.2, 0.25) is 0 Å². The van der Waals surface area contributed by atoms with Gasteiger partial charge in [0.15, 0.2) is 5.78 Å². The molecule has 29 heavy (non-hydrogen) atoms. The molecule has 1 aromatic heterocycles. The van der Waals surface area contributed by atoms with E-state index in [1.165, 1.54) is 10.6 Å². The van der Waals surface area contributed by atoms with Gasteiger partial charge in [-0.25, -0.2) is 0 Å². The minimum atomic E-state index is -0.137. The SMILES string of the molecule is COCCn1cc(C(=O)CC(c2ccc(Br)cc2)c2ccccc2C)ccc1=O. The van der Waals surface area contributed by atoms with Crippen LogP contribution in [0.5, 0.6) is 0 Å². The van der Waals surface area contributed by atoms with Crippen LogP contribution >= 0.6 is 15.9 Å². The van der Waals surface area contributed by atoms with Crippen molar-refractivity contribution in [2.75, 3.05) is 13.7 Å². The molecule has 2 aromatic carbocycles. The number of aryl methyl sites for hydroxylation is 1. The molecule has 5 heteroatoms. The lowest BCUT2D eigenvalue weighted by molar-refractivity contribution is 0.0976. The first-order valence-electron chi connectivity index (χ1n) is 9.53. The molecule has 0 saturated heterocycles. The van der Waals surface area contributed by atoms with E-state index < -0.39 is 0 Å². The van der Waals surface area contributed by atoms with Gasteiger partial charge in [0.25, 0.3) is 5.56 Å². The molecule has 3 aromatic rings. The van der Waals surface area contributed by atoms with E-state index in [2.05, 4.69) is 35.0 Å². The van der Waals surface area contributed by atoms with Gasteiger partial charge < -0.3 is 9.30 Å². The van der Waals surface area contributed by atoms with Crippen LogP contribution in [0.3, 0.4) is 0 Å². The third kappa shape index (κ3) is 5.31. The summed E-state index contributed by atoms with van der Waals surface area (Å²) in [6, 6.07) is 19.3. The molecule has 0 bridgehead atoms. The van der Waals surface area contributed by atoms with Crippen molar-refractivity contribution in [3.8, 4) is 0 Å². The summed E-state index contributed by atoms with van der Waals surface area (Å²) in [6.07, 6.45) is 1.97. The summed E-state index contributed by atoms with van der Waals surface area (Å²) < 4.78 is 7.58. The lowest BCUT2D eigenvalue weighted by atomic mass is 9.84. The largest absolute Gasteiger partial charge is 0.383 e. The van der Waals surface area contributed by atoms with E-state index >= 15 is 0 Å². The number of nitrogens with zero attached hydrogens (tertiary/aromatic N) is 1. The predicted octanol–water partition coefficient (Wildman–Crippen LogP) is 4.97. The zero-order valence-electron chi connectivity index (χ0n) is 16.6. The van der Waals surface area contributed by atoms with Crippen molar-refractivity contribution in [1.82, 2.24) is 4.57 Å². The lowest BCUT2D eigenvalue weighted by Crippen LogP contribution is -2.22. The van der Waals surface area contributed by atoms with Crippen LogP contribution in [-0.4, -0.2) is 24.1 Å². The van der Waals surface area contributed by atoms with Crippen molar-refractivity contribution in [2.24, 2.45) is 0 Å². The number of ether oxygens (including phenoxy) is 1. The summed E-state index contributed by atoms with van der Waals surface area (Å²) in [5, 5.41) is 0. The fraction of sp³-hybridized carbons (Fsp3) is 0.250. The quantitative estimate of drug-likeness (QED) is 0.452. The van der Waals surface area contributed by atoms with Gasteiger partial charge in [-0.05, 0) is 41.8 Å². The molecule has 0 amide bonds. The molecule has 1 heterocycles. The molecule has 0 spiro atoms. The van der Waals surface area contributed by atoms with E-state index in [9.17, 15) is 9.59 Å². The maximum atomic E-state index is 13.2. The number of aromatic nitrogens is 1. The Hall–Kier alpha value is -2.50. The number of pyridine rings is 1. The van der Waals surface area contributed by atoms with E-state index in [1.807, 2.05) is 36.4 Å². The van der Waals surface area contributed by atoms with Gasteiger partial charge >= 0.3 is 0 Å². The summed E-state index contributed by atoms with van der Waals surface area (Å²) in [5.74, 6) is -0.0523. The van der Waals surface area contributed by atoms with Crippen LogP contribution in [0.4, 0.5) is 0 Å². The molecule has 0 N–H and O–H groups in total. The molecule has 0 fully saturated rings. The number of hydrogen-bond donors (Lipinski definition) is 0. The highest BCUT2D eigenvalue weighted by Crippen LogP contribution is 2.32. The van der Waals surface area contributed by atoms with Crippen molar-refractivity contribution in [3.63, 3.8) is 0 Å². The Morgan fingerprint density at radius 3 is 2.48 bits per heavy atom. The molecular weight excluding hydrogens is 430 g/mol. The van der Waals surface area contributed by atoms with E-state index in [0.29, 0.717) is 25.1 Å². The highest BCUT2D eigenvalue weighted by molar-refractivity contribution is 9.10. The third-order valence-electron chi connectivity index (χ3n) is 5.07. The topological polar surface area (TPSA) is 48.3 Å². The molecule has 0 radical (unpaired) electrons. The average molecular weight is 454 g/mol. The van der Waals surface area contributed by atoms with Crippen LogP contribution in [-0.2, 0) is 11.3 Å². The van der Waals surface area contributed by atoms with E-state index in [0.717, 1.165) is 21.2 Å². The maximum absolute atomic E-state index is 13.2. The normalized spacial score (nSPS) is 12.0. The number of halogens is 1. The highest BCUT2D eigenvalue weighted by Gasteiger charge is 2.21. The molecule has 0 aliphatic carbocycles.